The van der Waals surface area contributed by atoms with Crippen molar-refractivity contribution in [3.63, 3.8) is 0 Å². The molecule has 0 aliphatic rings. The molecule has 0 amide bonds. The van der Waals surface area contributed by atoms with E-state index in [0.29, 0.717) is 6.07 Å². The van der Waals surface area contributed by atoms with Crippen LogP contribution in [0.1, 0.15) is 5.56 Å². The summed E-state index contributed by atoms with van der Waals surface area (Å²) in [6.45, 7) is 1.44. The van der Waals surface area contributed by atoms with E-state index in [1.54, 1.807) is 0 Å². The zero-order chi connectivity index (χ0) is 14.9. The molecule has 20 heavy (non-hydrogen) atoms. The Morgan fingerprint density at radius 1 is 1.35 bits per heavy atom. The van der Waals surface area contributed by atoms with E-state index in [-0.39, 0.29) is 17.0 Å². The Bertz CT molecular complexity index is 692. The van der Waals surface area contributed by atoms with Crippen LogP contribution in [0.15, 0.2) is 24.3 Å². The Labute approximate surface area is 112 Å². The zero-order valence-corrected chi connectivity index (χ0v) is 10.3. The number of halogens is 2. The quantitative estimate of drug-likeness (QED) is 0.689. The van der Waals surface area contributed by atoms with Crippen LogP contribution in [0.4, 0.5) is 20.3 Å². The average Bonchev–Trinajstić information content (AvgIpc) is 2.37. The Kier molecular flexibility index (Phi) is 3.47. The molecule has 1 heterocycles. The number of anilines is 1. The summed E-state index contributed by atoms with van der Waals surface area (Å²) in [5.41, 5.74) is 5.23. The molecule has 0 aliphatic carbocycles. The summed E-state index contributed by atoms with van der Waals surface area (Å²) in [6.07, 6.45) is 0. The van der Waals surface area contributed by atoms with E-state index in [2.05, 4.69) is 4.98 Å². The number of pyridine rings is 1. The lowest BCUT2D eigenvalue weighted by molar-refractivity contribution is -0.385. The third-order valence-electron chi connectivity index (χ3n) is 2.58. The van der Waals surface area contributed by atoms with Gasteiger partial charge in [-0.05, 0) is 13.0 Å². The Morgan fingerprint density at radius 2 is 2.05 bits per heavy atom. The van der Waals surface area contributed by atoms with Crippen LogP contribution in [-0.2, 0) is 0 Å². The Hall–Kier alpha value is -2.77. The van der Waals surface area contributed by atoms with E-state index >= 15 is 0 Å². The summed E-state index contributed by atoms with van der Waals surface area (Å²) in [4.78, 5) is 13.6. The molecule has 8 heteroatoms. The van der Waals surface area contributed by atoms with Crippen LogP contribution in [0.5, 0.6) is 11.6 Å². The smallest absolute Gasteiger partial charge is 0.276 e. The highest BCUT2D eigenvalue weighted by Gasteiger charge is 2.17. The molecule has 6 nitrogen and oxygen atoms in total. The molecular formula is C12H9F2N3O3. The van der Waals surface area contributed by atoms with Crippen LogP contribution in [0.3, 0.4) is 0 Å². The first kappa shape index (κ1) is 13.7. The van der Waals surface area contributed by atoms with E-state index in [1.165, 1.54) is 25.1 Å². The monoisotopic (exact) mass is 281 g/mol. The average molecular weight is 281 g/mol. The van der Waals surface area contributed by atoms with Gasteiger partial charge in [0, 0.05) is 12.1 Å². The summed E-state index contributed by atoms with van der Waals surface area (Å²) in [5.74, 6) is -3.10. The lowest BCUT2D eigenvalue weighted by atomic mass is 10.2. The highest BCUT2D eigenvalue weighted by Crippen LogP contribution is 2.31. The number of nitro groups is 1. The number of benzene rings is 1. The SMILES string of the molecule is Cc1c(Oc2nc(N)c(F)cc2F)cccc1[N+](=O)[O-]. The number of nitrogens with zero attached hydrogens (tertiary/aromatic N) is 2. The van der Waals surface area contributed by atoms with Crippen molar-refractivity contribution in [1.29, 1.82) is 0 Å². The first-order valence-corrected chi connectivity index (χ1v) is 5.43. The number of aromatic nitrogens is 1. The maximum Gasteiger partial charge on any atom is 0.276 e. The van der Waals surface area contributed by atoms with Gasteiger partial charge in [-0.15, -0.1) is 0 Å². The molecule has 0 spiro atoms. The minimum absolute atomic E-state index is 0.0385. The maximum atomic E-state index is 13.5. The minimum Gasteiger partial charge on any atom is -0.436 e. The van der Waals surface area contributed by atoms with Gasteiger partial charge in [-0.1, -0.05) is 6.07 Å². The van der Waals surface area contributed by atoms with Gasteiger partial charge in [0.2, 0.25) is 0 Å². The van der Waals surface area contributed by atoms with Crippen LogP contribution < -0.4 is 10.5 Å². The molecule has 0 aliphatic heterocycles. The van der Waals surface area contributed by atoms with Gasteiger partial charge in [-0.25, -0.2) is 8.78 Å². The molecule has 0 fully saturated rings. The number of nitro benzene ring substituents is 1. The van der Waals surface area contributed by atoms with Crippen LogP contribution in [0.25, 0.3) is 0 Å². The summed E-state index contributed by atoms with van der Waals surface area (Å²) in [6, 6.07) is 4.60. The highest BCUT2D eigenvalue weighted by molar-refractivity contribution is 5.49. The van der Waals surface area contributed by atoms with Gasteiger partial charge in [0.1, 0.15) is 5.75 Å². The van der Waals surface area contributed by atoms with E-state index in [1.807, 2.05) is 0 Å². The first-order chi connectivity index (χ1) is 9.40. The fourth-order valence-electron chi connectivity index (χ4n) is 1.55. The second-order valence-corrected chi connectivity index (χ2v) is 3.90. The van der Waals surface area contributed by atoms with Crippen molar-refractivity contribution in [2.24, 2.45) is 0 Å². The highest BCUT2D eigenvalue weighted by atomic mass is 19.1. The molecule has 2 aromatic rings. The van der Waals surface area contributed by atoms with Crippen molar-refractivity contribution >= 4 is 11.5 Å². The lowest BCUT2D eigenvalue weighted by Crippen LogP contribution is -2.01. The third kappa shape index (κ3) is 2.48. The molecule has 1 aromatic heterocycles. The fraction of sp³-hybridized carbons (Fsp3) is 0.0833. The number of hydrogen-bond donors (Lipinski definition) is 1. The zero-order valence-electron chi connectivity index (χ0n) is 10.3. The topological polar surface area (TPSA) is 91.3 Å². The van der Waals surface area contributed by atoms with Gasteiger partial charge in [-0.2, -0.15) is 4.98 Å². The normalized spacial score (nSPS) is 10.3. The minimum atomic E-state index is -1.05. The Morgan fingerprint density at radius 3 is 2.70 bits per heavy atom. The van der Waals surface area contributed by atoms with E-state index in [9.17, 15) is 18.9 Å². The molecule has 2 rings (SSSR count). The Balaban J connectivity index is 2.43. The fourth-order valence-corrected chi connectivity index (χ4v) is 1.55. The van der Waals surface area contributed by atoms with Crippen molar-refractivity contribution in [2.45, 2.75) is 6.92 Å². The van der Waals surface area contributed by atoms with Gasteiger partial charge in [-0.3, -0.25) is 10.1 Å². The molecular weight excluding hydrogens is 272 g/mol. The molecule has 104 valence electrons. The van der Waals surface area contributed by atoms with Crippen LogP contribution in [-0.4, -0.2) is 9.91 Å². The molecule has 0 atom stereocenters. The van der Waals surface area contributed by atoms with E-state index < -0.39 is 28.3 Å². The van der Waals surface area contributed by atoms with Crippen LogP contribution in [0, 0.1) is 28.7 Å². The molecule has 2 N–H and O–H groups in total. The predicted octanol–water partition coefficient (Wildman–Crippen LogP) is 2.95. The number of hydrogen-bond acceptors (Lipinski definition) is 5. The van der Waals surface area contributed by atoms with Crippen molar-refractivity contribution in [2.75, 3.05) is 5.73 Å². The van der Waals surface area contributed by atoms with Gasteiger partial charge < -0.3 is 10.5 Å². The maximum absolute atomic E-state index is 13.5. The molecule has 0 unspecified atom stereocenters. The molecule has 1 aromatic carbocycles. The van der Waals surface area contributed by atoms with Crippen molar-refractivity contribution in [3.8, 4) is 11.6 Å². The van der Waals surface area contributed by atoms with Crippen molar-refractivity contribution in [3.05, 3.63) is 51.6 Å². The van der Waals surface area contributed by atoms with Gasteiger partial charge in [0.05, 0.1) is 10.5 Å². The largest absolute Gasteiger partial charge is 0.436 e. The van der Waals surface area contributed by atoms with Gasteiger partial charge >= 0.3 is 0 Å². The third-order valence-corrected chi connectivity index (χ3v) is 2.58. The second-order valence-electron chi connectivity index (χ2n) is 3.90. The number of nitrogen functional groups attached to an aromatic ring is 1. The molecule has 0 saturated heterocycles. The number of rotatable bonds is 3. The molecule has 0 saturated carbocycles. The van der Waals surface area contributed by atoms with Gasteiger partial charge in [0.25, 0.3) is 11.6 Å². The van der Waals surface area contributed by atoms with Crippen LogP contribution in [0.2, 0.25) is 0 Å². The van der Waals surface area contributed by atoms with E-state index in [0.717, 1.165) is 0 Å². The predicted molar refractivity (Wildman–Crippen MR) is 66.5 cm³/mol. The number of nitrogens with two attached hydrogens (primary N) is 1. The second kappa shape index (κ2) is 5.08. The summed E-state index contributed by atoms with van der Waals surface area (Å²) in [5, 5.41) is 10.8. The first-order valence-electron chi connectivity index (χ1n) is 5.43. The van der Waals surface area contributed by atoms with Crippen molar-refractivity contribution in [1.82, 2.24) is 4.98 Å². The van der Waals surface area contributed by atoms with Gasteiger partial charge in [0.15, 0.2) is 17.5 Å². The van der Waals surface area contributed by atoms with Crippen molar-refractivity contribution < 1.29 is 18.4 Å². The summed E-state index contributed by atoms with van der Waals surface area (Å²) < 4.78 is 31.6. The lowest BCUT2D eigenvalue weighted by Gasteiger charge is -2.09. The number of ether oxygens (including phenoxy) is 1. The van der Waals surface area contributed by atoms with E-state index in [4.69, 9.17) is 10.5 Å². The standard InChI is InChI=1S/C12H9F2N3O3/c1-6-9(17(18)19)3-2-4-10(6)20-12-8(14)5-7(13)11(15)16-12/h2-5H,1H3,(H2,15,16). The van der Waals surface area contributed by atoms with Crippen LogP contribution >= 0.6 is 0 Å². The summed E-state index contributed by atoms with van der Waals surface area (Å²) in [7, 11) is 0. The molecule has 0 bridgehead atoms. The summed E-state index contributed by atoms with van der Waals surface area (Å²) >= 11 is 0. The molecule has 0 radical (unpaired) electrons.